The Labute approximate surface area is 139 Å². The molecule has 24 heavy (non-hydrogen) atoms. The molecule has 0 radical (unpaired) electrons. The zero-order valence-electron chi connectivity index (χ0n) is 13.2. The van der Waals surface area contributed by atoms with Crippen LogP contribution >= 0.6 is 0 Å². The number of allylic oxidation sites excluding steroid dienone is 2. The molecule has 2 saturated carbocycles. The van der Waals surface area contributed by atoms with E-state index in [1.54, 1.807) is 24.3 Å². The Bertz CT molecular complexity index is 777. The Balaban J connectivity index is 1.51. The van der Waals surface area contributed by atoms with Gasteiger partial charge in [0.05, 0.1) is 17.5 Å². The van der Waals surface area contributed by atoms with Crippen LogP contribution in [0.15, 0.2) is 36.4 Å². The molecule has 0 spiro atoms. The molecule has 0 unspecified atom stereocenters. The molecule has 4 aliphatic carbocycles. The van der Waals surface area contributed by atoms with Gasteiger partial charge in [-0.05, 0) is 42.2 Å². The molecule has 1 aromatic carbocycles. The summed E-state index contributed by atoms with van der Waals surface area (Å²) in [5.41, 5.74) is 0.492. The number of amides is 2. The molecule has 1 heterocycles. The number of benzene rings is 1. The molecular formula is C19H17NO4. The summed E-state index contributed by atoms with van der Waals surface area (Å²) in [6.45, 7) is 1.32. The number of hydrogen-bond acceptors (Lipinski definition) is 4. The van der Waals surface area contributed by atoms with Crippen molar-refractivity contribution < 1.29 is 19.1 Å². The molecule has 5 nitrogen and oxygen atoms in total. The fraction of sp³-hybridized carbons (Fsp3) is 0.421. The van der Waals surface area contributed by atoms with Crippen LogP contribution < -0.4 is 9.64 Å². The summed E-state index contributed by atoms with van der Waals surface area (Å²) in [4.78, 5) is 38.4. The lowest BCUT2D eigenvalue weighted by Gasteiger charge is -2.37. The number of nitrogens with zero attached hydrogens (tertiary/aromatic N) is 1. The van der Waals surface area contributed by atoms with Crippen LogP contribution in [-0.4, -0.2) is 17.8 Å². The highest BCUT2D eigenvalue weighted by Crippen LogP contribution is 2.65. The van der Waals surface area contributed by atoms with Gasteiger partial charge >= 0.3 is 5.97 Å². The van der Waals surface area contributed by atoms with Crippen LogP contribution in [0.25, 0.3) is 0 Å². The monoisotopic (exact) mass is 323 g/mol. The summed E-state index contributed by atoms with van der Waals surface area (Å²) in [5, 5.41) is 0. The van der Waals surface area contributed by atoms with Gasteiger partial charge in [0, 0.05) is 13.0 Å². The third kappa shape index (κ3) is 1.72. The Kier molecular flexibility index (Phi) is 2.65. The topological polar surface area (TPSA) is 63.7 Å². The second-order valence-electron chi connectivity index (χ2n) is 7.26. The number of esters is 1. The van der Waals surface area contributed by atoms with E-state index < -0.39 is 5.97 Å². The zero-order chi connectivity index (χ0) is 16.6. The van der Waals surface area contributed by atoms with Gasteiger partial charge < -0.3 is 4.74 Å². The van der Waals surface area contributed by atoms with Crippen LogP contribution in [-0.2, 0) is 14.4 Å². The predicted molar refractivity (Wildman–Crippen MR) is 84.9 cm³/mol. The lowest BCUT2D eigenvalue weighted by Crippen LogP contribution is -2.40. The van der Waals surface area contributed by atoms with Crippen molar-refractivity contribution in [2.45, 2.75) is 13.3 Å². The predicted octanol–water partition coefficient (Wildman–Crippen LogP) is 2.17. The molecule has 1 saturated heterocycles. The van der Waals surface area contributed by atoms with Crippen LogP contribution in [0.2, 0.25) is 0 Å². The SMILES string of the molecule is CC(=O)Oc1cccc(N2C(=O)[C@H]3[C@@H]4C=C[C@@H]([C@H]5C[C@H]45)[C@@H]3C2=O)c1. The van der Waals surface area contributed by atoms with Crippen molar-refractivity contribution in [3.05, 3.63) is 36.4 Å². The van der Waals surface area contributed by atoms with Crippen LogP contribution in [0.4, 0.5) is 5.69 Å². The fourth-order valence-corrected chi connectivity index (χ4v) is 5.06. The first-order valence-electron chi connectivity index (χ1n) is 8.41. The Morgan fingerprint density at radius 3 is 2.29 bits per heavy atom. The van der Waals surface area contributed by atoms with Gasteiger partial charge in [-0.15, -0.1) is 0 Å². The van der Waals surface area contributed by atoms with Gasteiger partial charge in [0.25, 0.3) is 0 Å². The molecule has 0 N–H and O–H groups in total. The first kappa shape index (κ1) is 14.0. The molecule has 5 heteroatoms. The molecule has 2 bridgehead atoms. The molecule has 0 aromatic heterocycles. The second-order valence-corrected chi connectivity index (χ2v) is 7.26. The van der Waals surface area contributed by atoms with Crippen molar-refractivity contribution in [1.29, 1.82) is 0 Å². The van der Waals surface area contributed by atoms with Crippen LogP contribution in [0.5, 0.6) is 5.75 Å². The number of carbonyl (C=O) groups is 3. The van der Waals surface area contributed by atoms with Gasteiger partial charge in [-0.1, -0.05) is 18.2 Å². The highest BCUT2D eigenvalue weighted by molar-refractivity contribution is 6.22. The maximum atomic E-state index is 13.0. The van der Waals surface area contributed by atoms with Gasteiger partial charge in [-0.25, -0.2) is 4.90 Å². The fourth-order valence-electron chi connectivity index (χ4n) is 5.06. The molecule has 6 atom stereocenters. The minimum absolute atomic E-state index is 0.102. The molecule has 1 aliphatic heterocycles. The summed E-state index contributed by atoms with van der Waals surface area (Å²) >= 11 is 0. The van der Waals surface area contributed by atoms with Crippen LogP contribution in [0.3, 0.4) is 0 Å². The molecule has 2 amide bonds. The highest BCUT2D eigenvalue weighted by Gasteiger charge is 2.67. The Morgan fingerprint density at radius 1 is 1.08 bits per heavy atom. The smallest absolute Gasteiger partial charge is 0.308 e. The van der Waals surface area contributed by atoms with Crippen LogP contribution in [0.1, 0.15) is 13.3 Å². The van der Waals surface area contributed by atoms with Crippen molar-refractivity contribution >= 4 is 23.5 Å². The summed E-state index contributed by atoms with van der Waals surface area (Å²) in [6, 6.07) is 6.64. The van der Waals surface area contributed by atoms with Gasteiger partial charge in [0.15, 0.2) is 0 Å². The van der Waals surface area contributed by atoms with Crippen molar-refractivity contribution in [2.75, 3.05) is 4.90 Å². The summed E-state index contributed by atoms with van der Waals surface area (Å²) in [6.07, 6.45) is 5.46. The normalized spacial score (nSPS) is 38.1. The maximum Gasteiger partial charge on any atom is 0.308 e. The minimum Gasteiger partial charge on any atom is -0.427 e. The average molecular weight is 323 g/mol. The van der Waals surface area contributed by atoms with Crippen LogP contribution in [0, 0.1) is 35.5 Å². The van der Waals surface area contributed by atoms with E-state index in [0.717, 1.165) is 6.42 Å². The van der Waals surface area contributed by atoms with Crippen molar-refractivity contribution in [3.63, 3.8) is 0 Å². The van der Waals surface area contributed by atoms with E-state index in [-0.39, 0.29) is 35.5 Å². The third-order valence-electron chi connectivity index (χ3n) is 6.00. The summed E-state index contributed by atoms with van der Waals surface area (Å²) < 4.78 is 5.08. The molecule has 5 aliphatic rings. The summed E-state index contributed by atoms with van der Waals surface area (Å²) in [5.74, 6) is 0.884. The molecule has 1 aromatic rings. The van der Waals surface area contributed by atoms with E-state index in [2.05, 4.69) is 12.2 Å². The van der Waals surface area contributed by atoms with Crippen molar-refractivity contribution in [2.24, 2.45) is 35.5 Å². The maximum absolute atomic E-state index is 13.0. The quantitative estimate of drug-likeness (QED) is 0.362. The number of carbonyl (C=O) groups excluding carboxylic acids is 3. The average Bonchev–Trinajstić information content (AvgIpc) is 3.31. The standard InChI is InChI=1S/C19H17NO4/c1-9(21)24-11-4-2-3-10(7-11)20-18(22)16-12-5-6-13(15-8-14(12)15)17(16)19(20)23/h2-7,12-17H,8H2,1H3/t12-,13+,14-,15-,16+,17+/m1/s1. The summed E-state index contributed by atoms with van der Waals surface area (Å²) in [7, 11) is 0. The highest BCUT2D eigenvalue weighted by atomic mass is 16.5. The number of ether oxygens (including phenoxy) is 1. The number of imide groups is 1. The molecule has 6 rings (SSSR count). The van der Waals surface area contributed by atoms with E-state index in [0.29, 0.717) is 23.3 Å². The minimum atomic E-state index is -0.428. The van der Waals surface area contributed by atoms with E-state index in [1.165, 1.54) is 11.8 Å². The first-order chi connectivity index (χ1) is 11.6. The number of hydrogen-bond donors (Lipinski definition) is 0. The molecule has 3 fully saturated rings. The van der Waals surface area contributed by atoms with Crippen molar-refractivity contribution in [3.8, 4) is 5.75 Å². The van der Waals surface area contributed by atoms with Gasteiger partial charge in [-0.3, -0.25) is 14.4 Å². The second kappa shape index (κ2) is 4.56. The van der Waals surface area contributed by atoms with E-state index >= 15 is 0 Å². The zero-order valence-corrected chi connectivity index (χ0v) is 13.2. The first-order valence-corrected chi connectivity index (χ1v) is 8.41. The van der Waals surface area contributed by atoms with E-state index in [4.69, 9.17) is 4.74 Å². The lowest BCUT2D eigenvalue weighted by molar-refractivity contribution is -0.132. The van der Waals surface area contributed by atoms with E-state index in [9.17, 15) is 14.4 Å². The number of rotatable bonds is 2. The largest absolute Gasteiger partial charge is 0.427 e. The molecular weight excluding hydrogens is 306 g/mol. The molecule has 122 valence electrons. The van der Waals surface area contributed by atoms with Crippen molar-refractivity contribution in [1.82, 2.24) is 0 Å². The van der Waals surface area contributed by atoms with Gasteiger partial charge in [0.1, 0.15) is 5.75 Å². The van der Waals surface area contributed by atoms with E-state index in [1.807, 2.05) is 0 Å². The lowest BCUT2D eigenvalue weighted by atomic mass is 9.63. The Morgan fingerprint density at radius 2 is 1.71 bits per heavy atom. The van der Waals surface area contributed by atoms with Gasteiger partial charge in [0.2, 0.25) is 11.8 Å². The number of anilines is 1. The van der Waals surface area contributed by atoms with Gasteiger partial charge in [-0.2, -0.15) is 0 Å². The third-order valence-corrected chi connectivity index (χ3v) is 6.00. The Hall–Kier alpha value is -2.43.